The molecule has 0 fully saturated rings. The third-order valence-electron chi connectivity index (χ3n) is 3.61. The van der Waals surface area contributed by atoms with Crippen molar-refractivity contribution in [1.82, 2.24) is 9.88 Å². The number of hydrogen-bond donors (Lipinski definition) is 1. The van der Waals surface area contributed by atoms with Crippen LogP contribution in [0.3, 0.4) is 0 Å². The van der Waals surface area contributed by atoms with E-state index in [1.807, 2.05) is 54.8 Å². The maximum Gasteiger partial charge on any atom is 0.239 e. The van der Waals surface area contributed by atoms with Gasteiger partial charge in [0.25, 0.3) is 0 Å². The number of rotatable bonds is 6. The van der Waals surface area contributed by atoms with Crippen molar-refractivity contribution in [2.75, 3.05) is 13.7 Å². The molecule has 2 aromatic rings. The highest BCUT2D eigenvalue weighted by molar-refractivity contribution is 5.75. The van der Waals surface area contributed by atoms with E-state index < -0.39 is 0 Å². The van der Waals surface area contributed by atoms with Gasteiger partial charge in [0.05, 0.1) is 7.11 Å². The first-order valence-corrected chi connectivity index (χ1v) is 7.12. The van der Waals surface area contributed by atoms with Crippen LogP contribution in [-0.4, -0.2) is 24.1 Å². The maximum absolute atomic E-state index is 12.0. The number of carbonyl (C=O) groups is 1. The summed E-state index contributed by atoms with van der Waals surface area (Å²) in [5, 5.41) is 2.96. The van der Waals surface area contributed by atoms with Gasteiger partial charge in [-0.25, -0.2) is 0 Å². The van der Waals surface area contributed by atoms with Crippen LogP contribution in [0, 0.1) is 13.8 Å². The minimum Gasteiger partial charge on any atom is -0.497 e. The molecule has 2 rings (SSSR count). The van der Waals surface area contributed by atoms with E-state index in [-0.39, 0.29) is 5.91 Å². The highest BCUT2D eigenvalue weighted by atomic mass is 16.5. The van der Waals surface area contributed by atoms with Gasteiger partial charge in [-0.1, -0.05) is 12.1 Å². The second-order valence-corrected chi connectivity index (χ2v) is 5.15. The van der Waals surface area contributed by atoms with E-state index in [4.69, 9.17) is 4.74 Å². The number of nitrogens with zero attached hydrogens (tertiary/aromatic N) is 1. The number of carbonyl (C=O) groups excluding carboxylic acids is 1. The summed E-state index contributed by atoms with van der Waals surface area (Å²) in [4.78, 5) is 12.0. The fourth-order valence-electron chi connectivity index (χ4n) is 2.29. The lowest BCUT2D eigenvalue weighted by molar-refractivity contribution is -0.121. The molecule has 1 aromatic carbocycles. The van der Waals surface area contributed by atoms with Crippen LogP contribution in [0.5, 0.6) is 5.75 Å². The molecule has 0 aliphatic carbocycles. The van der Waals surface area contributed by atoms with Crippen LogP contribution in [0.4, 0.5) is 0 Å². The molecular weight excluding hydrogens is 264 g/mol. The Morgan fingerprint density at radius 1 is 1.10 bits per heavy atom. The van der Waals surface area contributed by atoms with Gasteiger partial charge in [-0.05, 0) is 50.1 Å². The SMILES string of the molecule is COc1ccc(CCNC(=O)Cn2c(C)ccc2C)cc1. The minimum absolute atomic E-state index is 0.0471. The maximum atomic E-state index is 12.0. The summed E-state index contributed by atoms with van der Waals surface area (Å²) in [5.74, 6) is 0.896. The van der Waals surface area contributed by atoms with Crippen LogP contribution >= 0.6 is 0 Å². The number of nitrogens with one attached hydrogen (secondary N) is 1. The summed E-state index contributed by atoms with van der Waals surface area (Å²) in [6.07, 6.45) is 0.819. The average Bonchev–Trinajstić information content (AvgIpc) is 2.80. The van der Waals surface area contributed by atoms with Crippen molar-refractivity contribution in [3.63, 3.8) is 0 Å². The normalized spacial score (nSPS) is 10.4. The van der Waals surface area contributed by atoms with Crippen LogP contribution < -0.4 is 10.1 Å². The molecule has 0 aliphatic heterocycles. The fraction of sp³-hybridized carbons (Fsp3) is 0.353. The Hall–Kier alpha value is -2.23. The van der Waals surface area contributed by atoms with Crippen molar-refractivity contribution < 1.29 is 9.53 Å². The van der Waals surface area contributed by atoms with Crippen LogP contribution in [0.1, 0.15) is 17.0 Å². The highest BCUT2D eigenvalue weighted by Crippen LogP contribution is 2.11. The molecular formula is C17H22N2O2. The molecule has 0 saturated heterocycles. The van der Waals surface area contributed by atoms with Gasteiger partial charge in [-0.2, -0.15) is 0 Å². The van der Waals surface area contributed by atoms with Crippen molar-refractivity contribution >= 4 is 5.91 Å². The fourth-order valence-corrected chi connectivity index (χ4v) is 2.29. The van der Waals surface area contributed by atoms with E-state index in [2.05, 4.69) is 5.32 Å². The minimum atomic E-state index is 0.0471. The Balaban J connectivity index is 1.79. The number of amides is 1. The van der Waals surface area contributed by atoms with Gasteiger partial charge < -0.3 is 14.6 Å². The molecule has 0 atom stereocenters. The molecule has 0 aliphatic rings. The molecule has 0 spiro atoms. The molecule has 0 bridgehead atoms. The largest absolute Gasteiger partial charge is 0.497 e. The smallest absolute Gasteiger partial charge is 0.239 e. The monoisotopic (exact) mass is 286 g/mol. The number of hydrogen-bond acceptors (Lipinski definition) is 2. The van der Waals surface area contributed by atoms with E-state index in [0.29, 0.717) is 13.1 Å². The van der Waals surface area contributed by atoms with Gasteiger partial charge in [0, 0.05) is 17.9 Å². The first-order valence-electron chi connectivity index (χ1n) is 7.12. The predicted octanol–water partition coefficient (Wildman–Crippen LogP) is 2.47. The lowest BCUT2D eigenvalue weighted by atomic mass is 10.1. The van der Waals surface area contributed by atoms with Gasteiger partial charge >= 0.3 is 0 Å². The third kappa shape index (κ3) is 4.12. The van der Waals surface area contributed by atoms with Gasteiger partial charge in [-0.15, -0.1) is 0 Å². The molecule has 112 valence electrons. The van der Waals surface area contributed by atoms with Crippen molar-refractivity contribution in [2.45, 2.75) is 26.8 Å². The second kappa shape index (κ2) is 6.97. The molecule has 1 aromatic heterocycles. The molecule has 4 nitrogen and oxygen atoms in total. The number of benzene rings is 1. The van der Waals surface area contributed by atoms with Crippen LogP contribution in [-0.2, 0) is 17.8 Å². The summed E-state index contributed by atoms with van der Waals surface area (Å²) >= 11 is 0. The van der Waals surface area contributed by atoms with Crippen LogP contribution in [0.25, 0.3) is 0 Å². The molecule has 4 heteroatoms. The third-order valence-corrected chi connectivity index (χ3v) is 3.61. The summed E-state index contributed by atoms with van der Waals surface area (Å²) in [6, 6.07) is 12.0. The van der Waals surface area contributed by atoms with E-state index in [9.17, 15) is 4.79 Å². The zero-order chi connectivity index (χ0) is 15.2. The highest BCUT2D eigenvalue weighted by Gasteiger charge is 2.06. The average molecular weight is 286 g/mol. The number of ether oxygens (including phenoxy) is 1. The summed E-state index contributed by atoms with van der Waals surface area (Å²) in [5.41, 5.74) is 3.40. The molecule has 1 amide bonds. The second-order valence-electron chi connectivity index (χ2n) is 5.15. The first-order chi connectivity index (χ1) is 10.1. The van der Waals surface area contributed by atoms with Gasteiger partial charge in [-0.3, -0.25) is 4.79 Å². The number of methoxy groups -OCH3 is 1. The zero-order valence-electron chi connectivity index (χ0n) is 12.8. The van der Waals surface area contributed by atoms with E-state index >= 15 is 0 Å². The Labute approximate surface area is 125 Å². The first kappa shape index (κ1) is 15.2. The quantitative estimate of drug-likeness (QED) is 0.886. The molecule has 1 heterocycles. The van der Waals surface area contributed by atoms with Crippen molar-refractivity contribution in [3.05, 3.63) is 53.3 Å². The molecule has 21 heavy (non-hydrogen) atoms. The Morgan fingerprint density at radius 2 is 1.71 bits per heavy atom. The Kier molecular flexibility index (Phi) is 5.04. The number of aromatic nitrogens is 1. The van der Waals surface area contributed by atoms with Gasteiger partial charge in [0.2, 0.25) is 5.91 Å². The molecule has 0 saturated carbocycles. The lowest BCUT2D eigenvalue weighted by Gasteiger charge is -2.10. The van der Waals surface area contributed by atoms with E-state index in [1.54, 1.807) is 7.11 Å². The van der Waals surface area contributed by atoms with E-state index in [0.717, 1.165) is 23.6 Å². The number of aryl methyl sites for hydroxylation is 2. The Morgan fingerprint density at radius 3 is 2.29 bits per heavy atom. The van der Waals surface area contributed by atoms with Crippen LogP contribution in [0.15, 0.2) is 36.4 Å². The van der Waals surface area contributed by atoms with Gasteiger partial charge in [0.15, 0.2) is 0 Å². The summed E-state index contributed by atoms with van der Waals surface area (Å²) < 4.78 is 7.14. The molecule has 1 N–H and O–H groups in total. The molecule has 0 unspecified atom stereocenters. The van der Waals surface area contributed by atoms with Crippen molar-refractivity contribution in [1.29, 1.82) is 0 Å². The molecule has 0 radical (unpaired) electrons. The lowest BCUT2D eigenvalue weighted by Crippen LogP contribution is -2.29. The topological polar surface area (TPSA) is 43.3 Å². The van der Waals surface area contributed by atoms with Crippen molar-refractivity contribution in [2.24, 2.45) is 0 Å². The van der Waals surface area contributed by atoms with Crippen LogP contribution in [0.2, 0.25) is 0 Å². The summed E-state index contributed by atoms with van der Waals surface area (Å²) in [7, 11) is 1.65. The standard InChI is InChI=1S/C17H22N2O2/c1-13-4-5-14(2)19(13)12-17(20)18-11-10-15-6-8-16(21-3)9-7-15/h4-9H,10-12H2,1-3H3,(H,18,20). The summed E-state index contributed by atoms with van der Waals surface area (Å²) in [6.45, 7) is 5.05. The van der Waals surface area contributed by atoms with E-state index in [1.165, 1.54) is 5.56 Å². The predicted molar refractivity (Wildman–Crippen MR) is 83.6 cm³/mol. The Bertz CT molecular complexity index is 580. The van der Waals surface area contributed by atoms with Gasteiger partial charge in [0.1, 0.15) is 12.3 Å². The van der Waals surface area contributed by atoms with Crippen molar-refractivity contribution in [3.8, 4) is 5.75 Å². The zero-order valence-corrected chi connectivity index (χ0v) is 12.8.